The highest BCUT2D eigenvalue weighted by Crippen LogP contribution is 2.13. The maximum Gasteiger partial charge on any atom is 0.255 e. The Bertz CT molecular complexity index is 724. The molecule has 25 heavy (non-hydrogen) atoms. The maximum atomic E-state index is 12.1. The third kappa shape index (κ3) is 6.51. The van der Waals surface area contributed by atoms with E-state index in [1.165, 1.54) is 5.56 Å². The van der Waals surface area contributed by atoms with Crippen LogP contribution in [0.3, 0.4) is 0 Å². The fourth-order valence-electron chi connectivity index (χ4n) is 2.18. The molecule has 2 amide bonds. The van der Waals surface area contributed by atoms with E-state index in [2.05, 4.69) is 12.1 Å². The Labute approximate surface area is 147 Å². The van der Waals surface area contributed by atoms with E-state index in [0.29, 0.717) is 12.3 Å². The minimum Gasteiger partial charge on any atom is -0.484 e. The molecule has 2 N–H and O–H groups in total. The number of nitrogens with two attached hydrogens (primary N) is 1. The number of carbonyl (C=O) groups excluding carboxylic acids is 2. The number of nitrogens with zero attached hydrogens (tertiary/aromatic N) is 1. The number of amides is 2. The number of hydrogen-bond acceptors (Lipinski definition) is 3. The molecular weight excluding hydrogens is 316 g/mol. The lowest BCUT2D eigenvalue weighted by Gasteiger charge is -2.14. The van der Waals surface area contributed by atoms with Gasteiger partial charge in [0.2, 0.25) is 5.91 Å². The lowest BCUT2D eigenvalue weighted by Crippen LogP contribution is -2.27. The first-order valence-electron chi connectivity index (χ1n) is 8.03. The Morgan fingerprint density at radius 3 is 2.40 bits per heavy atom. The van der Waals surface area contributed by atoms with Crippen LogP contribution < -0.4 is 10.5 Å². The van der Waals surface area contributed by atoms with E-state index in [-0.39, 0.29) is 12.5 Å². The Hall–Kier alpha value is -3.08. The van der Waals surface area contributed by atoms with Crippen molar-refractivity contribution in [2.75, 3.05) is 20.2 Å². The van der Waals surface area contributed by atoms with Gasteiger partial charge in [0.05, 0.1) is 0 Å². The largest absolute Gasteiger partial charge is 0.484 e. The molecule has 0 aliphatic carbocycles. The number of hydrogen-bond donors (Lipinski definition) is 1. The van der Waals surface area contributed by atoms with E-state index in [4.69, 9.17) is 10.5 Å². The average molecular weight is 338 g/mol. The normalized spacial score (nSPS) is 10.6. The van der Waals surface area contributed by atoms with Gasteiger partial charge in [-0.25, -0.2) is 0 Å². The van der Waals surface area contributed by atoms with Gasteiger partial charge in [-0.05, 0) is 35.8 Å². The van der Waals surface area contributed by atoms with Crippen molar-refractivity contribution in [2.24, 2.45) is 5.73 Å². The number of carbonyl (C=O) groups is 2. The van der Waals surface area contributed by atoms with Gasteiger partial charge in [0.15, 0.2) is 6.61 Å². The molecule has 2 aromatic carbocycles. The van der Waals surface area contributed by atoms with Crippen LogP contribution in [0.5, 0.6) is 5.75 Å². The van der Waals surface area contributed by atoms with Crippen LogP contribution in [0.15, 0.2) is 60.7 Å². The molecule has 0 atom stereocenters. The number of primary amides is 1. The fraction of sp³-hybridized carbons (Fsp3) is 0.200. The highest BCUT2D eigenvalue weighted by molar-refractivity contribution is 5.91. The first-order valence-corrected chi connectivity index (χ1v) is 8.03. The van der Waals surface area contributed by atoms with E-state index < -0.39 is 5.91 Å². The van der Waals surface area contributed by atoms with Crippen LogP contribution in [-0.2, 0) is 16.0 Å². The van der Waals surface area contributed by atoms with Crippen LogP contribution in [0.25, 0.3) is 6.08 Å². The molecular formula is C20H22N2O3. The van der Waals surface area contributed by atoms with Gasteiger partial charge in [-0.15, -0.1) is 0 Å². The second-order valence-corrected chi connectivity index (χ2v) is 5.65. The molecule has 0 saturated heterocycles. The first kappa shape index (κ1) is 18.3. The van der Waals surface area contributed by atoms with Crippen molar-refractivity contribution in [3.05, 3.63) is 71.8 Å². The third-order valence-electron chi connectivity index (χ3n) is 3.63. The highest BCUT2D eigenvalue weighted by atomic mass is 16.5. The van der Waals surface area contributed by atoms with Crippen molar-refractivity contribution in [1.29, 1.82) is 0 Å². The van der Waals surface area contributed by atoms with E-state index in [1.54, 1.807) is 36.2 Å². The quantitative estimate of drug-likeness (QED) is 0.751. The summed E-state index contributed by atoms with van der Waals surface area (Å²) in [6.07, 6.45) is 4.12. The third-order valence-corrected chi connectivity index (χ3v) is 3.63. The smallest absolute Gasteiger partial charge is 0.255 e. The highest BCUT2D eigenvalue weighted by Gasteiger charge is 2.05. The van der Waals surface area contributed by atoms with Crippen LogP contribution in [-0.4, -0.2) is 36.9 Å². The summed E-state index contributed by atoms with van der Waals surface area (Å²) in [5, 5.41) is 0. The summed E-state index contributed by atoms with van der Waals surface area (Å²) in [7, 11) is 1.79. The maximum absolute atomic E-state index is 12.1. The van der Waals surface area contributed by atoms with Crippen molar-refractivity contribution in [1.82, 2.24) is 4.90 Å². The van der Waals surface area contributed by atoms with Crippen molar-refractivity contribution in [2.45, 2.75) is 6.42 Å². The lowest BCUT2D eigenvalue weighted by atomic mass is 10.1. The molecule has 5 heteroatoms. The fourth-order valence-corrected chi connectivity index (χ4v) is 2.18. The van der Waals surface area contributed by atoms with Gasteiger partial charge in [0, 0.05) is 19.7 Å². The van der Waals surface area contributed by atoms with Gasteiger partial charge in [-0.3, -0.25) is 9.59 Å². The molecule has 0 radical (unpaired) electrons. The summed E-state index contributed by atoms with van der Waals surface area (Å²) < 4.78 is 5.19. The minimum atomic E-state index is -0.520. The van der Waals surface area contributed by atoms with Gasteiger partial charge in [-0.1, -0.05) is 42.5 Å². The molecule has 0 aliphatic rings. The van der Waals surface area contributed by atoms with Crippen molar-refractivity contribution >= 4 is 17.9 Å². The molecule has 2 rings (SSSR count). The molecule has 2 aromatic rings. The minimum absolute atomic E-state index is 0.0509. The van der Waals surface area contributed by atoms with Crippen LogP contribution in [0.1, 0.15) is 11.1 Å². The van der Waals surface area contributed by atoms with E-state index >= 15 is 0 Å². The monoisotopic (exact) mass is 338 g/mol. The second-order valence-electron chi connectivity index (χ2n) is 5.65. The Kier molecular flexibility index (Phi) is 6.77. The standard InChI is InChI=1S/C20H22N2O3/c1-22(14-13-16-5-3-2-4-6-16)20(24)12-9-17-7-10-18(11-8-17)25-15-19(21)23/h2-12H,13-15H2,1H3,(H2,21,23). The molecule has 0 fully saturated rings. The first-order chi connectivity index (χ1) is 12.0. The second kappa shape index (κ2) is 9.27. The van der Waals surface area contributed by atoms with Crippen molar-refractivity contribution in [3.8, 4) is 5.75 Å². The zero-order valence-electron chi connectivity index (χ0n) is 14.2. The number of likely N-dealkylation sites (N-methyl/N-ethyl adjacent to an activating group) is 1. The van der Waals surface area contributed by atoms with Crippen LogP contribution in [0.4, 0.5) is 0 Å². The van der Waals surface area contributed by atoms with E-state index in [1.807, 2.05) is 30.3 Å². The van der Waals surface area contributed by atoms with Crippen LogP contribution >= 0.6 is 0 Å². The molecule has 0 heterocycles. The Morgan fingerprint density at radius 1 is 1.08 bits per heavy atom. The Morgan fingerprint density at radius 2 is 1.76 bits per heavy atom. The summed E-state index contributed by atoms with van der Waals surface area (Å²) in [5.41, 5.74) is 7.10. The summed E-state index contributed by atoms with van der Waals surface area (Å²) in [5.74, 6) is -0.0136. The molecule has 0 saturated carbocycles. The lowest BCUT2D eigenvalue weighted by molar-refractivity contribution is -0.124. The van der Waals surface area contributed by atoms with Crippen LogP contribution in [0.2, 0.25) is 0 Å². The number of ether oxygens (including phenoxy) is 1. The number of rotatable bonds is 8. The molecule has 0 unspecified atom stereocenters. The molecule has 5 nitrogen and oxygen atoms in total. The van der Waals surface area contributed by atoms with Gasteiger partial charge < -0.3 is 15.4 Å². The van der Waals surface area contributed by atoms with Gasteiger partial charge in [0.25, 0.3) is 5.91 Å². The van der Waals surface area contributed by atoms with Gasteiger partial charge in [0.1, 0.15) is 5.75 Å². The molecule has 0 bridgehead atoms. The molecule has 130 valence electrons. The Balaban J connectivity index is 1.83. The van der Waals surface area contributed by atoms with Gasteiger partial charge >= 0.3 is 0 Å². The summed E-state index contributed by atoms with van der Waals surface area (Å²) in [4.78, 5) is 24.5. The summed E-state index contributed by atoms with van der Waals surface area (Å²) in [6.45, 7) is 0.507. The van der Waals surface area contributed by atoms with Gasteiger partial charge in [-0.2, -0.15) is 0 Å². The zero-order chi connectivity index (χ0) is 18.1. The molecule has 0 aromatic heterocycles. The predicted octanol–water partition coefficient (Wildman–Crippen LogP) is 2.27. The topological polar surface area (TPSA) is 72.6 Å². The summed E-state index contributed by atoms with van der Waals surface area (Å²) in [6, 6.07) is 17.1. The molecule has 0 aliphatic heterocycles. The summed E-state index contributed by atoms with van der Waals surface area (Å²) >= 11 is 0. The van der Waals surface area contributed by atoms with Crippen molar-refractivity contribution < 1.29 is 14.3 Å². The van der Waals surface area contributed by atoms with E-state index in [9.17, 15) is 9.59 Å². The number of benzene rings is 2. The average Bonchev–Trinajstić information content (AvgIpc) is 2.64. The SMILES string of the molecule is CN(CCc1ccccc1)C(=O)C=Cc1ccc(OCC(N)=O)cc1. The van der Waals surface area contributed by atoms with E-state index in [0.717, 1.165) is 12.0 Å². The molecule has 0 spiro atoms. The zero-order valence-corrected chi connectivity index (χ0v) is 14.2. The predicted molar refractivity (Wildman–Crippen MR) is 97.9 cm³/mol. The van der Waals surface area contributed by atoms with Crippen molar-refractivity contribution in [3.63, 3.8) is 0 Å². The van der Waals surface area contributed by atoms with Crippen LogP contribution in [0, 0.1) is 0 Å².